The van der Waals surface area contributed by atoms with Gasteiger partial charge in [-0.25, -0.2) is 4.98 Å². The Kier molecular flexibility index (Phi) is 6.77. The van der Waals surface area contributed by atoms with Gasteiger partial charge in [0.15, 0.2) is 11.7 Å². The normalized spacial score (nSPS) is 14.3. The number of carbonyl (C=O) groups is 1. The molecule has 1 saturated heterocycles. The van der Waals surface area contributed by atoms with Crippen molar-refractivity contribution < 1.29 is 9.21 Å². The van der Waals surface area contributed by atoms with Crippen molar-refractivity contribution in [3.63, 3.8) is 0 Å². The average Bonchev–Trinajstić information content (AvgIpc) is 3.34. The molecule has 0 spiro atoms. The second kappa shape index (κ2) is 10.4. The molecule has 0 radical (unpaired) electrons. The summed E-state index contributed by atoms with van der Waals surface area (Å²) in [6, 6.07) is 24.1. The Balaban J connectivity index is 1.21. The summed E-state index contributed by atoms with van der Waals surface area (Å²) in [5.41, 5.74) is 4.06. The van der Waals surface area contributed by atoms with Crippen LogP contribution in [-0.2, 0) is 17.8 Å². The molecule has 0 aliphatic carbocycles. The maximum Gasteiger partial charge on any atom is 0.223 e. The van der Waals surface area contributed by atoms with Crippen LogP contribution >= 0.6 is 0 Å². The van der Waals surface area contributed by atoms with E-state index in [0.717, 1.165) is 55.3 Å². The molecule has 34 heavy (non-hydrogen) atoms. The van der Waals surface area contributed by atoms with Crippen LogP contribution in [0.1, 0.15) is 17.9 Å². The molecule has 1 fully saturated rings. The second-order valence-electron chi connectivity index (χ2n) is 8.53. The molecule has 5 rings (SSSR count). The summed E-state index contributed by atoms with van der Waals surface area (Å²) in [6.45, 7) is 4.15. The van der Waals surface area contributed by atoms with Crippen molar-refractivity contribution in [3.8, 4) is 22.6 Å². The highest BCUT2D eigenvalue weighted by molar-refractivity contribution is 5.78. The van der Waals surface area contributed by atoms with Crippen LogP contribution < -0.4 is 0 Å². The third kappa shape index (κ3) is 5.24. The van der Waals surface area contributed by atoms with Crippen LogP contribution in [0.2, 0.25) is 0 Å². The summed E-state index contributed by atoms with van der Waals surface area (Å²) >= 11 is 0. The molecule has 1 amide bonds. The first-order valence-corrected chi connectivity index (χ1v) is 11.8. The second-order valence-corrected chi connectivity index (χ2v) is 8.53. The molecule has 1 aliphatic heterocycles. The first-order chi connectivity index (χ1) is 16.8. The number of amides is 1. The van der Waals surface area contributed by atoms with Crippen LogP contribution in [0.25, 0.3) is 22.6 Å². The van der Waals surface area contributed by atoms with Gasteiger partial charge < -0.3 is 9.32 Å². The molecule has 2 aromatic heterocycles. The van der Waals surface area contributed by atoms with Crippen LogP contribution in [0.3, 0.4) is 0 Å². The van der Waals surface area contributed by atoms with Gasteiger partial charge in [-0.15, -0.1) is 0 Å². The largest absolute Gasteiger partial charge is 0.440 e. The molecule has 0 atom stereocenters. The number of aromatic nitrogens is 2. The van der Waals surface area contributed by atoms with Crippen LogP contribution in [0.15, 0.2) is 89.6 Å². The molecule has 172 valence electrons. The van der Waals surface area contributed by atoms with E-state index < -0.39 is 0 Å². The van der Waals surface area contributed by atoms with Crippen molar-refractivity contribution in [1.29, 1.82) is 0 Å². The van der Waals surface area contributed by atoms with E-state index >= 15 is 0 Å². The summed E-state index contributed by atoms with van der Waals surface area (Å²) in [7, 11) is 0. The number of oxazole rings is 1. The first-order valence-electron chi connectivity index (χ1n) is 11.8. The van der Waals surface area contributed by atoms with Gasteiger partial charge in [0.05, 0.1) is 0 Å². The molecular weight excluding hydrogens is 424 g/mol. The molecule has 6 heteroatoms. The Bertz CT molecular complexity index is 1140. The number of rotatable bonds is 7. The molecule has 2 aromatic carbocycles. The number of hydrogen-bond donors (Lipinski definition) is 0. The number of hydrogen-bond acceptors (Lipinski definition) is 5. The fourth-order valence-electron chi connectivity index (χ4n) is 4.32. The minimum absolute atomic E-state index is 0.157. The van der Waals surface area contributed by atoms with Crippen LogP contribution in [0.4, 0.5) is 0 Å². The highest BCUT2D eigenvalue weighted by Crippen LogP contribution is 2.32. The molecule has 4 aromatic rings. The van der Waals surface area contributed by atoms with Gasteiger partial charge in [-0.05, 0) is 17.7 Å². The zero-order chi connectivity index (χ0) is 23.2. The van der Waals surface area contributed by atoms with Crippen molar-refractivity contribution in [3.05, 3.63) is 96.6 Å². The van der Waals surface area contributed by atoms with Gasteiger partial charge >= 0.3 is 0 Å². The summed E-state index contributed by atoms with van der Waals surface area (Å²) < 4.78 is 6.18. The van der Waals surface area contributed by atoms with Crippen molar-refractivity contribution in [2.24, 2.45) is 0 Å². The summed E-state index contributed by atoms with van der Waals surface area (Å²) in [6.07, 6.45) is 4.53. The van der Waals surface area contributed by atoms with E-state index in [2.05, 4.69) is 9.88 Å². The van der Waals surface area contributed by atoms with E-state index in [9.17, 15) is 4.79 Å². The zero-order valence-electron chi connectivity index (χ0n) is 19.1. The zero-order valence-corrected chi connectivity index (χ0v) is 19.1. The lowest BCUT2D eigenvalue weighted by Gasteiger charge is -2.34. The fraction of sp³-hybridized carbons (Fsp3) is 0.250. The van der Waals surface area contributed by atoms with Crippen molar-refractivity contribution >= 4 is 5.91 Å². The Morgan fingerprint density at radius 1 is 0.824 bits per heavy atom. The van der Waals surface area contributed by atoms with Crippen molar-refractivity contribution in [1.82, 2.24) is 19.8 Å². The van der Waals surface area contributed by atoms with E-state index in [1.54, 1.807) is 0 Å². The minimum Gasteiger partial charge on any atom is -0.440 e. The Labute approximate surface area is 199 Å². The smallest absolute Gasteiger partial charge is 0.223 e. The molecule has 6 nitrogen and oxygen atoms in total. The highest BCUT2D eigenvalue weighted by atomic mass is 16.4. The fourth-order valence-corrected chi connectivity index (χ4v) is 4.32. The lowest BCUT2D eigenvalue weighted by atomic mass is 10.1. The van der Waals surface area contributed by atoms with Crippen molar-refractivity contribution in [2.75, 3.05) is 26.2 Å². The number of nitrogens with zero attached hydrogens (tertiary/aromatic N) is 4. The van der Waals surface area contributed by atoms with Crippen LogP contribution in [0.5, 0.6) is 0 Å². The number of aryl methyl sites for hydroxylation is 1. The lowest BCUT2D eigenvalue weighted by molar-refractivity contribution is -0.133. The van der Waals surface area contributed by atoms with Crippen LogP contribution in [0, 0.1) is 0 Å². The predicted molar refractivity (Wildman–Crippen MR) is 132 cm³/mol. The highest BCUT2D eigenvalue weighted by Gasteiger charge is 2.22. The van der Waals surface area contributed by atoms with Gasteiger partial charge in [0.25, 0.3) is 0 Å². The Hall–Kier alpha value is -3.77. The monoisotopic (exact) mass is 452 g/mol. The molecule has 0 bridgehead atoms. The van der Waals surface area contributed by atoms with Crippen molar-refractivity contribution in [2.45, 2.75) is 19.4 Å². The van der Waals surface area contributed by atoms with Crippen LogP contribution in [-0.4, -0.2) is 51.9 Å². The lowest BCUT2D eigenvalue weighted by Crippen LogP contribution is -2.48. The average molecular weight is 453 g/mol. The number of pyridine rings is 1. The molecule has 0 N–H and O–H groups in total. The standard InChI is InChI=1S/C28H28N4O2/c33-26(32-19-17-31(18-20-32)21-22-13-15-29-16-14-22)12-11-25-30-27(23-7-3-1-4-8-23)28(34-25)24-9-5-2-6-10-24/h1-10,13-16H,11-12,17-21H2. The van der Waals surface area contributed by atoms with Gasteiger partial charge in [0, 0.05) is 69.1 Å². The third-order valence-corrected chi connectivity index (χ3v) is 6.19. The van der Waals surface area contributed by atoms with Gasteiger partial charge in [0.2, 0.25) is 5.91 Å². The summed E-state index contributed by atoms with van der Waals surface area (Å²) in [4.78, 5) is 26.1. The Morgan fingerprint density at radius 2 is 1.47 bits per heavy atom. The van der Waals surface area contributed by atoms with E-state index in [4.69, 9.17) is 9.40 Å². The van der Waals surface area contributed by atoms with E-state index in [1.807, 2.05) is 90.1 Å². The molecule has 1 aliphatic rings. The number of piperazine rings is 1. The van der Waals surface area contributed by atoms with E-state index in [0.29, 0.717) is 18.7 Å². The maximum absolute atomic E-state index is 12.9. The molecule has 0 saturated carbocycles. The van der Waals surface area contributed by atoms with E-state index in [1.165, 1.54) is 5.56 Å². The van der Waals surface area contributed by atoms with Gasteiger partial charge in [-0.3, -0.25) is 14.7 Å². The third-order valence-electron chi connectivity index (χ3n) is 6.19. The van der Waals surface area contributed by atoms with E-state index in [-0.39, 0.29) is 5.91 Å². The topological polar surface area (TPSA) is 62.5 Å². The number of carbonyl (C=O) groups excluding carboxylic acids is 1. The SMILES string of the molecule is O=C(CCc1nc(-c2ccccc2)c(-c2ccccc2)o1)N1CCN(Cc2ccncc2)CC1. The van der Waals surface area contributed by atoms with Gasteiger partial charge in [0.1, 0.15) is 5.69 Å². The summed E-state index contributed by atoms with van der Waals surface area (Å²) in [5, 5.41) is 0. The molecule has 0 unspecified atom stereocenters. The minimum atomic E-state index is 0.157. The van der Waals surface area contributed by atoms with Gasteiger partial charge in [-0.2, -0.15) is 0 Å². The summed E-state index contributed by atoms with van der Waals surface area (Å²) in [5.74, 6) is 1.51. The number of benzene rings is 2. The molecule has 3 heterocycles. The van der Waals surface area contributed by atoms with Gasteiger partial charge in [-0.1, -0.05) is 60.7 Å². The quantitative estimate of drug-likeness (QED) is 0.407. The maximum atomic E-state index is 12.9. The first kappa shape index (κ1) is 22.0. The molecular formula is C28H28N4O2. The Morgan fingerprint density at radius 3 is 2.15 bits per heavy atom. The predicted octanol–water partition coefficient (Wildman–Crippen LogP) is 4.68.